The summed E-state index contributed by atoms with van der Waals surface area (Å²) in [5.41, 5.74) is 0. The lowest BCUT2D eigenvalue weighted by atomic mass is 10.1. The monoisotopic (exact) mass is 259 g/mol. The van der Waals surface area contributed by atoms with Gasteiger partial charge in [0.25, 0.3) is 0 Å². The Bertz CT molecular complexity index is 380. The highest BCUT2D eigenvalue weighted by Crippen LogP contribution is 2.22. The normalized spacial score (nSPS) is 22.2. The third-order valence-electron chi connectivity index (χ3n) is 2.61. The maximum absolute atomic E-state index is 11.9. The predicted octanol–water partition coefficient (Wildman–Crippen LogP) is 1.84. The number of thiophene rings is 1. The van der Waals surface area contributed by atoms with Crippen LogP contribution in [-0.2, 0) is 16.0 Å². The van der Waals surface area contributed by atoms with Gasteiger partial charge in [0.05, 0.1) is 10.9 Å². The summed E-state index contributed by atoms with van der Waals surface area (Å²) in [4.78, 5) is 15.1. The van der Waals surface area contributed by atoms with E-state index in [1.165, 1.54) is 11.3 Å². The molecule has 1 unspecified atom stereocenters. The molecule has 1 saturated heterocycles. The molecule has 1 aliphatic rings. The molecule has 0 aliphatic carbocycles. The average molecular weight is 260 g/mol. The molecule has 0 N–H and O–H groups in total. The van der Waals surface area contributed by atoms with Gasteiger partial charge in [-0.1, -0.05) is 11.6 Å². The minimum atomic E-state index is -0.278. The number of ketones is 1. The Morgan fingerprint density at radius 3 is 3.12 bits per heavy atom. The van der Waals surface area contributed by atoms with Gasteiger partial charge < -0.3 is 9.64 Å². The average Bonchev–Trinajstić information content (AvgIpc) is 2.64. The van der Waals surface area contributed by atoms with Crippen LogP contribution in [0.4, 0.5) is 0 Å². The lowest BCUT2D eigenvalue weighted by Crippen LogP contribution is -2.44. The van der Waals surface area contributed by atoms with E-state index in [2.05, 4.69) is 4.90 Å². The van der Waals surface area contributed by atoms with Crippen LogP contribution in [0, 0.1) is 0 Å². The fourth-order valence-electron chi connectivity index (χ4n) is 1.70. The van der Waals surface area contributed by atoms with Crippen LogP contribution in [0.1, 0.15) is 4.88 Å². The minimum Gasteiger partial charge on any atom is -0.368 e. The number of morpholine rings is 1. The minimum absolute atomic E-state index is 0.144. The molecular weight excluding hydrogens is 246 g/mol. The van der Waals surface area contributed by atoms with Gasteiger partial charge in [-0.2, -0.15) is 0 Å². The fourth-order valence-corrected chi connectivity index (χ4v) is 2.80. The van der Waals surface area contributed by atoms with Gasteiger partial charge in [0, 0.05) is 24.4 Å². The van der Waals surface area contributed by atoms with Crippen molar-refractivity contribution in [3.8, 4) is 0 Å². The summed E-state index contributed by atoms with van der Waals surface area (Å²) >= 11 is 7.28. The topological polar surface area (TPSA) is 29.5 Å². The van der Waals surface area contributed by atoms with Crippen molar-refractivity contribution < 1.29 is 9.53 Å². The van der Waals surface area contributed by atoms with E-state index >= 15 is 0 Å². The Hall–Kier alpha value is -0.420. The number of hydrogen-bond donors (Lipinski definition) is 0. The van der Waals surface area contributed by atoms with Crippen LogP contribution >= 0.6 is 22.9 Å². The van der Waals surface area contributed by atoms with E-state index in [1.54, 1.807) is 0 Å². The number of carbonyl (C=O) groups is 1. The molecule has 1 fully saturated rings. The molecule has 1 aromatic rings. The molecule has 0 aromatic carbocycles. The molecule has 1 atom stereocenters. The van der Waals surface area contributed by atoms with Crippen molar-refractivity contribution in [3.63, 3.8) is 0 Å². The first kappa shape index (κ1) is 12.0. The number of hydrogen-bond acceptors (Lipinski definition) is 4. The van der Waals surface area contributed by atoms with Crippen LogP contribution in [0.5, 0.6) is 0 Å². The van der Waals surface area contributed by atoms with E-state index in [0.717, 1.165) is 15.8 Å². The number of Topliss-reactive ketones (excluding diaryl/α,β-unsaturated/α-hetero) is 1. The van der Waals surface area contributed by atoms with E-state index in [-0.39, 0.29) is 11.9 Å². The Balaban J connectivity index is 1.92. The molecule has 5 heteroatoms. The van der Waals surface area contributed by atoms with Gasteiger partial charge in [0.15, 0.2) is 5.78 Å². The van der Waals surface area contributed by atoms with E-state index < -0.39 is 0 Å². The van der Waals surface area contributed by atoms with Gasteiger partial charge in [-0.05, 0) is 19.2 Å². The van der Waals surface area contributed by atoms with Crippen molar-refractivity contribution >= 4 is 28.7 Å². The Kier molecular flexibility index (Phi) is 3.97. The van der Waals surface area contributed by atoms with Crippen LogP contribution in [0.2, 0.25) is 4.34 Å². The number of likely N-dealkylation sites (N-methyl/N-ethyl adjacent to an activating group) is 1. The molecule has 2 rings (SSSR count). The molecule has 88 valence electrons. The van der Waals surface area contributed by atoms with Gasteiger partial charge in [-0.25, -0.2) is 0 Å². The summed E-state index contributed by atoms with van der Waals surface area (Å²) in [5.74, 6) is 0.144. The van der Waals surface area contributed by atoms with E-state index in [9.17, 15) is 4.79 Å². The Morgan fingerprint density at radius 1 is 1.69 bits per heavy atom. The maximum atomic E-state index is 11.9. The number of rotatable bonds is 3. The van der Waals surface area contributed by atoms with Gasteiger partial charge in [0.2, 0.25) is 0 Å². The van der Waals surface area contributed by atoms with Crippen LogP contribution in [0.15, 0.2) is 12.1 Å². The first-order valence-corrected chi connectivity index (χ1v) is 6.41. The SMILES string of the molecule is CN1CCOC(C(=O)Cc2ccc(Cl)s2)C1. The molecule has 16 heavy (non-hydrogen) atoms. The largest absolute Gasteiger partial charge is 0.368 e. The summed E-state index contributed by atoms with van der Waals surface area (Å²) in [6, 6.07) is 3.72. The van der Waals surface area contributed by atoms with E-state index in [4.69, 9.17) is 16.3 Å². The molecule has 1 aromatic heterocycles. The van der Waals surface area contributed by atoms with Crippen molar-refractivity contribution in [3.05, 3.63) is 21.3 Å². The second kappa shape index (κ2) is 5.27. The lowest BCUT2D eigenvalue weighted by molar-refractivity contribution is -0.134. The molecule has 1 aliphatic heterocycles. The lowest BCUT2D eigenvalue weighted by Gasteiger charge is -2.28. The number of halogens is 1. The second-order valence-corrected chi connectivity index (χ2v) is 5.77. The molecule has 0 amide bonds. The molecular formula is C11H14ClNO2S. The highest BCUT2D eigenvalue weighted by atomic mass is 35.5. The van der Waals surface area contributed by atoms with E-state index in [0.29, 0.717) is 19.6 Å². The van der Waals surface area contributed by atoms with E-state index in [1.807, 2.05) is 19.2 Å². The maximum Gasteiger partial charge on any atom is 0.168 e. The Morgan fingerprint density at radius 2 is 2.50 bits per heavy atom. The molecule has 2 heterocycles. The fraction of sp³-hybridized carbons (Fsp3) is 0.545. The van der Waals surface area contributed by atoms with Crippen molar-refractivity contribution in [2.75, 3.05) is 26.7 Å². The van der Waals surface area contributed by atoms with Gasteiger partial charge >= 0.3 is 0 Å². The zero-order valence-electron chi connectivity index (χ0n) is 9.11. The zero-order valence-corrected chi connectivity index (χ0v) is 10.7. The van der Waals surface area contributed by atoms with Crippen molar-refractivity contribution in [2.45, 2.75) is 12.5 Å². The number of carbonyl (C=O) groups excluding carboxylic acids is 1. The summed E-state index contributed by atoms with van der Waals surface area (Å²) in [7, 11) is 2.00. The van der Waals surface area contributed by atoms with Crippen LogP contribution in [-0.4, -0.2) is 43.5 Å². The molecule has 0 spiro atoms. The van der Waals surface area contributed by atoms with Crippen LogP contribution < -0.4 is 0 Å². The number of ether oxygens (including phenoxy) is 1. The molecule has 0 radical (unpaired) electrons. The highest BCUT2D eigenvalue weighted by Gasteiger charge is 2.24. The molecule has 3 nitrogen and oxygen atoms in total. The van der Waals surface area contributed by atoms with Crippen molar-refractivity contribution in [1.29, 1.82) is 0 Å². The molecule has 0 bridgehead atoms. The number of nitrogens with zero attached hydrogens (tertiary/aromatic N) is 1. The third-order valence-corrected chi connectivity index (χ3v) is 3.84. The highest BCUT2D eigenvalue weighted by molar-refractivity contribution is 7.16. The first-order chi connectivity index (χ1) is 7.65. The van der Waals surface area contributed by atoms with Crippen molar-refractivity contribution in [2.24, 2.45) is 0 Å². The predicted molar refractivity (Wildman–Crippen MR) is 65.3 cm³/mol. The van der Waals surface area contributed by atoms with Crippen molar-refractivity contribution in [1.82, 2.24) is 4.90 Å². The first-order valence-electron chi connectivity index (χ1n) is 5.22. The van der Waals surface area contributed by atoms with Crippen LogP contribution in [0.25, 0.3) is 0 Å². The van der Waals surface area contributed by atoms with Gasteiger partial charge in [0.1, 0.15) is 6.10 Å². The second-order valence-electron chi connectivity index (χ2n) is 3.97. The summed E-state index contributed by atoms with van der Waals surface area (Å²) < 4.78 is 6.20. The van der Waals surface area contributed by atoms with Crippen LogP contribution in [0.3, 0.4) is 0 Å². The summed E-state index contributed by atoms with van der Waals surface area (Å²) in [5, 5.41) is 0. The molecule has 0 saturated carbocycles. The summed E-state index contributed by atoms with van der Waals surface area (Å²) in [6.45, 7) is 2.23. The van der Waals surface area contributed by atoms with Gasteiger partial charge in [-0.3, -0.25) is 4.79 Å². The smallest absolute Gasteiger partial charge is 0.168 e. The third kappa shape index (κ3) is 3.04. The summed E-state index contributed by atoms with van der Waals surface area (Å²) in [6.07, 6.45) is 0.148. The quantitative estimate of drug-likeness (QED) is 0.830. The standard InChI is InChI=1S/C11H14ClNO2S/c1-13-4-5-15-10(7-13)9(14)6-8-2-3-11(12)16-8/h2-3,10H,4-7H2,1H3. The van der Waals surface area contributed by atoms with Gasteiger partial charge in [-0.15, -0.1) is 11.3 Å². The Labute approximate surface area is 104 Å². The zero-order chi connectivity index (χ0) is 11.5.